The molecule has 194 valence electrons. The van der Waals surface area contributed by atoms with Crippen LogP contribution in [-0.4, -0.2) is 34.5 Å². The summed E-state index contributed by atoms with van der Waals surface area (Å²) in [5, 5.41) is 0.132. The van der Waals surface area contributed by atoms with E-state index in [9.17, 15) is 14.0 Å². The molecule has 1 fully saturated rings. The zero-order valence-electron chi connectivity index (χ0n) is 21.4. The van der Waals surface area contributed by atoms with Crippen molar-refractivity contribution in [1.82, 2.24) is 14.5 Å². The van der Waals surface area contributed by atoms with Crippen molar-refractivity contribution >= 4 is 17.5 Å². The Morgan fingerprint density at radius 3 is 2.45 bits per heavy atom. The Morgan fingerprint density at radius 1 is 1.05 bits per heavy atom. The second-order valence-corrected chi connectivity index (χ2v) is 10.3. The molecule has 2 heterocycles. The highest BCUT2D eigenvalue weighted by Gasteiger charge is 2.41. The molecule has 1 saturated carbocycles. The Labute approximate surface area is 224 Å². The van der Waals surface area contributed by atoms with Gasteiger partial charge in [-0.2, -0.15) is 0 Å². The molecule has 1 amide bonds. The van der Waals surface area contributed by atoms with Gasteiger partial charge in [0.2, 0.25) is 0 Å². The fourth-order valence-electron chi connectivity index (χ4n) is 4.96. The van der Waals surface area contributed by atoms with Crippen molar-refractivity contribution in [3.63, 3.8) is 0 Å². The van der Waals surface area contributed by atoms with Crippen molar-refractivity contribution in [3.05, 3.63) is 116 Å². The van der Waals surface area contributed by atoms with E-state index in [1.807, 2.05) is 19.9 Å². The molecule has 0 spiro atoms. The molecule has 2 aromatic carbocycles. The monoisotopic (exact) mass is 533 g/mol. The van der Waals surface area contributed by atoms with Gasteiger partial charge in [0.05, 0.1) is 16.9 Å². The number of pyridine rings is 2. The van der Waals surface area contributed by atoms with Crippen LogP contribution >= 0.6 is 11.6 Å². The number of halogens is 3. The molecular formula is C30H26ClF2N3O2. The van der Waals surface area contributed by atoms with Gasteiger partial charge in [-0.3, -0.25) is 19.1 Å². The van der Waals surface area contributed by atoms with Crippen LogP contribution in [0.25, 0.3) is 16.9 Å². The van der Waals surface area contributed by atoms with E-state index in [0.29, 0.717) is 22.6 Å². The lowest BCUT2D eigenvalue weighted by atomic mass is 10.0. The number of benzene rings is 2. The van der Waals surface area contributed by atoms with Crippen molar-refractivity contribution in [2.75, 3.05) is 14.1 Å². The Balaban J connectivity index is 1.55. The number of carbonyl (C=O) groups excluding carboxylic acids is 1. The summed E-state index contributed by atoms with van der Waals surface area (Å²) in [6.45, 7) is 3.64. The summed E-state index contributed by atoms with van der Waals surface area (Å²) in [7, 11) is 3.12. The van der Waals surface area contributed by atoms with Crippen LogP contribution in [0.15, 0.2) is 65.6 Å². The summed E-state index contributed by atoms with van der Waals surface area (Å²) in [6, 6.07) is 14.6. The van der Waals surface area contributed by atoms with Crippen LogP contribution in [0.1, 0.15) is 51.0 Å². The van der Waals surface area contributed by atoms with Gasteiger partial charge in [-0.05, 0) is 85.2 Å². The van der Waals surface area contributed by atoms with Crippen LogP contribution in [0, 0.1) is 25.5 Å². The largest absolute Gasteiger partial charge is 0.345 e. The maximum absolute atomic E-state index is 15.4. The molecule has 38 heavy (non-hydrogen) atoms. The maximum Gasteiger partial charge on any atom is 0.274 e. The Bertz CT molecular complexity index is 1630. The van der Waals surface area contributed by atoms with Crippen LogP contribution in [0.4, 0.5) is 8.78 Å². The van der Waals surface area contributed by atoms with Crippen LogP contribution in [0.3, 0.4) is 0 Å². The first-order valence-corrected chi connectivity index (χ1v) is 12.6. The number of amides is 1. The number of hydrogen-bond donors (Lipinski definition) is 0. The van der Waals surface area contributed by atoms with Gasteiger partial charge < -0.3 is 4.90 Å². The van der Waals surface area contributed by atoms with Gasteiger partial charge in [0.25, 0.3) is 11.5 Å². The van der Waals surface area contributed by atoms with E-state index in [-0.39, 0.29) is 39.4 Å². The summed E-state index contributed by atoms with van der Waals surface area (Å²) in [5.41, 5.74) is 3.72. The SMILES string of the molecule is Cc1cnc(-c2cccc(C(=O)N(C)C)c2F)cc1-n1c(C)cc([C@H]2C[C@@H]2c2ccc(F)cc2)c(Cl)c1=O. The van der Waals surface area contributed by atoms with Crippen molar-refractivity contribution < 1.29 is 13.6 Å². The van der Waals surface area contributed by atoms with Crippen LogP contribution in [0.2, 0.25) is 5.02 Å². The quantitative estimate of drug-likeness (QED) is 0.297. The summed E-state index contributed by atoms with van der Waals surface area (Å²) >= 11 is 6.64. The molecule has 1 aliphatic carbocycles. The second-order valence-electron chi connectivity index (χ2n) is 9.92. The minimum atomic E-state index is -0.675. The number of nitrogens with zero attached hydrogens (tertiary/aromatic N) is 3. The van der Waals surface area contributed by atoms with E-state index >= 15 is 4.39 Å². The molecule has 0 unspecified atom stereocenters. The van der Waals surface area contributed by atoms with E-state index < -0.39 is 11.7 Å². The predicted molar refractivity (Wildman–Crippen MR) is 144 cm³/mol. The molecular weight excluding hydrogens is 508 g/mol. The third-order valence-corrected chi connectivity index (χ3v) is 7.46. The molecule has 5 nitrogen and oxygen atoms in total. The average molecular weight is 534 g/mol. The molecule has 0 saturated heterocycles. The van der Waals surface area contributed by atoms with Gasteiger partial charge in [0.1, 0.15) is 16.7 Å². The molecule has 8 heteroatoms. The number of carbonyl (C=O) groups is 1. The first-order chi connectivity index (χ1) is 18.1. The fraction of sp³-hybridized carbons (Fsp3) is 0.233. The summed E-state index contributed by atoms with van der Waals surface area (Å²) < 4.78 is 30.2. The van der Waals surface area contributed by atoms with Crippen LogP contribution in [-0.2, 0) is 0 Å². The normalized spacial score (nSPS) is 16.4. The van der Waals surface area contributed by atoms with Gasteiger partial charge >= 0.3 is 0 Å². The molecule has 5 rings (SSSR count). The third kappa shape index (κ3) is 4.52. The van der Waals surface area contributed by atoms with Gasteiger partial charge in [0, 0.05) is 31.5 Å². The number of aryl methyl sites for hydroxylation is 2. The molecule has 2 atom stereocenters. The lowest BCUT2D eigenvalue weighted by Crippen LogP contribution is -2.23. The Kier molecular flexibility index (Phi) is 6.65. The molecule has 0 N–H and O–H groups in total. The first-order valence-electron chi connectivity index (χ1n) is 12.2. The maximum atomic E-state index is 15.4. The van der Waals surface area contributed by atoms with Crippen molar-refractivity contribution in [1.29, 1.82) is 0 Å². The van der Waals surface area contributed by atoms with Crippen LogP contribution in [0.5, 0.6) is 0 Å². The van der Waals surface area contributed by atoms with Crippen molar-refractivity contribution in [2.45, 2.75) is 32.1 Å². The summed E-state index contributed by atoms with van der Waals surface area (Å²) in [5.74, 6) is -1.16. The lowest BCUT2D eigenvalue weighted by molar-refractivity contribution is 0.0823. The third-order valence-electron chi connectivity index (χ3n) is 7.08. The van der Waals surface area contributed by atoms with Gasteiger partial charge in [-0.25, -0.2) is 8.78 Å². The minimum Gasteiger partial charge on any atom is -0.345 e. The number of rotatable bonds is 5. The Hall–Kier alpha value is -3.84. The zero-order chi connectivity index (χ0) is 27.3. The van der Waals surface area contributed by atoms with E-state index in [2.05, 4.69) is 4.98 Å². The summed E-state index contributed by atoms with van der Waals surface area (Å²) in [4.78, 5) is 31.7. The van der Waals surface area contributed by atoms with Crippen molar-refractivity contribution in [3.8, 4) is 16.9 Å². The predicted octanol–water partition coefficient (Wildman–Crippen LogP) is 6.42. The molecule has 2 aromatic heterocycles. The number of hydrogen-bond acceptors (Lipinski definition) is 3. The van der Waals surface area contributed by atoms with E-state index in [0.717, 1.165) is 17.5 Å². The number of aromatic nitrogens is 2. The molecule has 0 aliphatic heterocycles. The smallest absolute Gasteiger partial charge is 0.274 e. The summed E-state index contributed by atoms with van der Waals surface area (Å²) in [6.07, 6.45) is 2.40. The Morgan fingerprint density at radius 2 is 1.76 bits per heavy atom. The zero-order valence-corrected chi connectivity index (χ0v) is 22.2. The molecule has 0 radical (unpaired) electrons. The van der Waals surface area contributed by atoms with E-state index in [1.54, 1.807) is 50.6 Å². The van der Waals surface area contributed by atoms with Gasteiger partial charge in [0.15, 0.2) is 0 Å². The molecule has 4 aromatic rings. The standard InChI is InChI=1S/C30H26ClF2N3O2/c1-16-15-34-25(20-6-5-7-21(28(20)33)29(37)35(3)4)14-26(16)36-17(2)12-24(27(31)30(36)38)23-13-22(23)18-8-10-19(32)11-9-18/h5-12,14-15,22-23H,13H2,1-4H3/t22-,23+/m1/s1. The fourth-order valence-corrected chi connectivity index (χ4v) is 5.24. The average Bonchev–Trinajstić information content (AvgIpc) is 3.68. The van der Waals surface area contributed by atoms with Crippen molar-refractivity contribution in [2.24, 2.45) is 0 Å². The highest BCUT2D eigenvalue weighted by atomic mass is 35.5. The van der Waals surface area contributed by atoms with Crippen LogP contribution < -0.4 is 5.56 Å². The van der Waals surface area contributed by atoms with E-state index in [1.165, 1.54) is 27.7 Å². The topological polar surface area (TPSA) is 55.2 Å². The van der Waals surface area contributed by atoms with Gasteiger partial charge in [-0.1, -0.05) is 29.8 Å². The molecule has 1 aliphatic rings. The second kappa shape index (κ2) is 9.80. The van der Waals surface area contributed by atoms with E-state index in [4.69, 9.17) is 11.6 Å². The first kappa shape index (κ1) is 25.8. The van der Waals surface area contributed by atoms with Gasteiger partial charge in [-0.15, -0.1) is 0 Å². The minimum absolute atomic E-state index is 0.0580. The highest BCUT2D eigenvalue weighted by molar-refractivity contribution is 6.31. The highest BCUT2D eigenvalue weighted by Crippen LogP contribution is 2.55. The lowest BCUT2D eigenvalue weighted by Gasteiger charge is -2.17. The molecule has 0 bridgehead atoms.